The lowest BCUT2D eigenvalue weighted by atomic mass is 10.2. The van der Waals surface area contributed by atoms with E-state index >= 15 is 0 Å². The molecule has 0 aliphatic rings. The quantitative estimate of drug-likeness (QED) is 0.674. The van der Waals surface area contributed by atoms with Crippen LogP contribution in [-0.4, -0.2) is 11.2 Å². The maximum absolute atomic E-state index is 11.5. The van der Waals surface area contributed by atoms with Crippen LogP contribution >= 0.6 is 11.8 Å². The zero-order valence-electron chi connectivity index (χ0n) is 8.97. The molecule has 0 unspecified atom stereocenters. The summed E-state index contributed by atoms with van der Waals surface area (Å²) >= 11 is 1.31. The van der Waals surface area contributed by atoms with E-state index in [0.29, 0.717) is 10.6 Å². The predicted octanol–water partition coefficient (Wildman–Crippen LogP) is 0.864. The molecule has 0 spiro atoms. The van der Waals surface area contributed by atoms with Gasteiger partial charge < -0.3 is 10.7 Å². The maximum Gasteiger partial charge on any atom is 0.253 e. The monoisotopic (exact) mass is 186 g/mol. The van der Waals surface area contributed by atoms with E-state index in [1.54, 1.807) is 19.2 Å². The average Bonchev–Trinajstić information content (AvgIpc) is 1.99. The van der Waals surface area contributed by atoms with E-state index in [1.165, 1.54) is 11.8 Å². The first-order chi connectivity index (χ1) is 6.36. The third-order valence-corrected chi connectivity index (χ3v) is 2.26. The molecule has 0 atom stereocenters. The van der Waals surface area contributed by atoms with Gasteiger partial charge in [-0.25, -0.2) is 0 Å². The van der Waals surface area contributed by atoms with Crippen molar-refractivity contribution in [2.45, 2.75) is 18.3 Å². The lowest BCUT2D eigenvalue weighted by Gasteiger charge is -2.04. The Morgan fingerprint density at radius 2 is 2.50 bits per heavy atom. The standard InChI is InChI=1S/C8H12N2OS/c1-5-3-7(12-2)6(4-9)8(11)10-5/h3H,4,9H2,1-2H3,(H,10,11)/i4D2. The van der Waals surface area contributed by atoms with Gasteiger partial charge in [0, 0.05) is 25.4 Å². The van der Waals surface area contributed by atoms with E-state index in [2.05, 4.69) is 4.98 Å². The molecule has 3 nitrogen and oxygen atoms in total. The van der Waals surface area contributed by atoms with Crippen LogP contribution in [0.2, 0.25) is 0 Å². The maximum atomic E-state index is 11.5. The van der Waals surface area contributed by atoms with Crippen molar-refractivity contribution in [3.8, 4) is 0 Å². The highest BCUT2D eigenvalue weighted by atomic mass is 32.2. The van der Waals surface area contributed by atoms with Crippen molar-refractivity contribution in [3.05, 3.63) is 27.7 Å². The first-order valence-corrected chi connectivity index (χ1v) is 4.66. The highest BCUT2D eigenvalue weighted by Crippen LogP contribution is 2.16. The van der Waals surface area contributed by atoms with Gasteiger partial charge in [-0.1, -0.05) is 0 Å². The summed E-state index contributed by atoms with van der Waals surface area (Å²) < 4.78 is 14.7. The van der Waals surface area contributed by atoms with Crippen molar-refractivity contribution in [1.82, 2.24) is 4.98 Å². The third kappa shape index (κ3) is 1.70. The summed E-state index contributed by atoms with van der Waals surface area (Å²) in [6.45, 7) is -0.351. The van der Waals surface area contributed by atoms with Crippen LogP contribution in [0.4, 0.5) is 0 Å². The molecule has 0 aliphatic carbocycles. The molecule has 0 amide bonds. The lowest BCUT2D eigenvalue weighted by molar-refractivity contribution is 0.951. The zero-order valence-corrected chi connectivity index (χ0v) is 7.79. The highest BCUT2D eigenvalue weighted by Gasteiger charge is 2.04. The number of H-pyrrole nitrogens is 1. The topological polar surface area (TPSA) is 58.9 Å². The van der Waals surface area contributed by atoms with E-state index < -0.39 is 12.1 Å². The van der Waals surface area contributed by atoms with Gasteiger partial charge in [-0.05, 0) is 19.2 Å². The lowest BCUT2D eigenvalue weighted by Crippen LogP contribution is -2.17. The predicted molar refractivity (Wildman–Crippen MR) is 51.5 cm³/mol. The Bertz CT molecular complexity index is 397. The van der Waals surface area contributed by atoms with E-state index in [4.69, 9.17) is 8.48 Å². The molecular formula is C8H12N2OS. The molecule has 0 fully saturated rings. The van der Waals surface area contributed by atoms with Crippen LogP contribution in [0, 0.1) is 6.92 Å². The average molecular weight is 186 g/mol. The van der Waals surface area contributed by atoms with Crippen molar-refractivity contribution in [3.63, 3.8) is 0 Å². The van der Waals surface area contributed by atoms with Crippen LogP contribution in [0.25, 0.3) is 0 Å². The first kappa shape index (κ1) is 6.74. The number of hydrogen-bond donors (Lipinski definition) is 2. The fourth-order valence-corrected chi connectivity index (χ4v) is 1.61. The molecular weight excluding hydrogens is 172 g/mol. The SMILES string of the molecule is [2H]C([2H])(N)c1c(SC)cc(C)[nH]c1=O. The fourth-order valence-electron chi connectivity index (χ4n) is 0.956. The minimum Gasteiger partial charge on any atom is -0.326 e. The van der Waals surface area contributed by atoms with Crippen LogP contribution in [0.15, 0.2) is 15.8 Å². The molecule has 0 aliphatic heterocycles. The molecule has 0 aromatic carbocycles. The number of aromatic nitrogens is 1. The van der Waals surface area contributed by atoms with E-state index in [1.807, 2.05) is 0 Å². The number of hydrogen-bond acceptors (Lipinski definition) is 3. The molecule has 1 heterocycles. The van der Waals surface area contributed by atoms with Crippen molar-refractivity contribution in [2.24, 2.45) is 5.73 Å². The Balaban J connectivity index is 3.49. The Labute approximate surface area is 78.2 Å². The van der Waals surface area contributed by atoms with Crippen molar-refractivity contribution in [2.75, 3.05) is 6.26 Å². The molecule has 0 radical (unpaired) electrons. The summed E-state index contributed by atoms with van der Waals surface area (Å²) in [5.41, 5.74) is 5.52. The van der Waals surface area contributed by atoms with Gasteiger partial charge in [0.15, 0.2) is 0 Å². The molecule has 3 N–H and O–H groups in total. The highest BCUT2D eigenvalue weighted by molar-refractivity contribution is 7.98. The Hall–Kier alpha value is -0.740. The van der Waals surface area contributed by atoms with Crippen LogP contribution in [0.1, 0.15) is 14.0 Å². The number of nitrogens with two attached hydrogens (primary N) is 1. The van der Waals surface area contributed by atoms with Crippen LogP contribution < -0.4 is 11.3 Å². The van der Waals surface area contributed by atoms with Gasteiger partial charge in [0.25, 0.3) is 5.56 Å². The number of rotatable bonds is 2. The third-order valence-electron chi connectivity index (χ3n) is 1.50. The summed E-state index contributed by atoms with van der Waals surface area (Å²) in [7, 11) is 0. The molecule has 0 saturated heterocycles. The summed E-state index contributed by atoms with van der Waals surface area (Å²) in [5, 5.41) is 0. The summed E-state index contributed by atoms with van der Waals surface area (Å²) in [6, 6.07) is 1.71. The number of nitrogens with one attached hydrogen (secondary N) is 1. The Morgan fingerprint density at radius 1 is 1.83 bits per heavy atom. The number of thioether (sulfide) groups is 1. The van der Waals surface area contributed by atoms with Crippen LogP contribution in [-0.2, 0) is 6.50 Å². The van der Waals surface area contributed by atoms with Gasteiger partial charge in [0.2, 0.25) is 0 Å². The van der Waals surface area contributed by atoms with Crippen LogP contribution in [0.3, 0.4) is 0 Å². The second kappa shape index (κ2) is 3.78. The van der Waals surface area contributed by atoms with Gasteiger partial charge in [-0.2, -0.15) is 0 Å². The van der Waals surface area contributed by atoms with Gasteiger partial charge >= 0.3 is 0 Å². The van der Waals surface area contributed by atoms with E-state index in [0.717, 1.165) is 0 Å². The number of aromatic amines is 1. The van der Waals surface area contributed by atoms with Gasteiger partial charge in [0.05, 0.1) is 0 Å². The van der Waals surface area contributed by atoms with Crippen molar-refractivity contribution in [1.29, 1.82) is 0 Å². The van der Waals surface area contributed by atoms with E-state index in [-0.39, 0.29) is 5.56 Å². The minimum atomic E-state index is -2.10. The number of pyridine rings is 1. The molecule has 1 rings (SSSR count). The van der Waals surface area contributed by atoms with Gasteiger partial charge in [-0.3, -0.25) is 4.79 Å². The van der Waals surface area contributed by atoms with Crippen LogP contribution in [0.5, 0.6) is 0 Å². The molecule has 0 saturated carbocycles. The van der Waals surface area contributed by atoms with Crippen molar-refractivity contribution < 1.29 is 2.74 Å². The van der Waals surface area contributed by atoms with Gasteiger partial charge in [-0.15, -0.1) is 11.8 Å². The molecule has 66 valence electrons. The first-order valence-electron chi connectivity index (χ1n) is 4.43. The van der Waals surface area contributed by atoms with E-state index in [9.17, 15) is 4.79 Å². The Morgan fingerprint density at radius 3 is 3.00 bits per heavy atom. The largest absolute Gasteiger partial charge is 0.326 e. The van der Waals surface area contributed by atoms with Gasteiger partial charge in [0.1, 0.15) is 0 Å². The Kier molecular flexibility index (Phi) is 2.12. The number of aryl methyl sites for hydroxylation is 1. The second-order valence-electron chi connectivity index (χ2n) is 2.37. The molecule has 12 heavy (non-hydrogen) atoms. The fraction of sp³-hybridized carbons (Fsp3) is 0.375. The second-order valence-corrected chi connectivity index (χ2v) is 3.22. The molecule has 4 heteroatoms. The summed E-state index contributed by atoms with van der Waals surface area (Å²) in [6.07, 6.45) is 1.78. The van der Waals surface area contributed by atoms with Crippen molar-refractivity contribution >= 4 is 11.8 Å². The smallest absolute Gasteiger partial charge is 0.253 e. The minimum absolute atomic E-state index is 0.00407. The summed E-state index contributed by atoms with van der Waals surface area (Å²) in [5.74, 6) is 0. The molecule has 0 bridgehead atoms. The summed E-state index contributed by atoms with van der Waals surface area (Å²) in [4.78, 5) is 14.6. The normalized spacial score (nSPS) is 13.9. The zero-order chi connectivity index (χ0) is 10.9. The molecule has 1 aromatic rings. The molecule has 1 aromatic heterocycles.